The topological polar surface area (TPSA) is 12.4 Å². The van der Waals surface area contributed by atoms with Crippen molar-refractivity contribution in [1.29, 1.82) is 0 Å². The Morgan fingerprint density at radius 3 is 2.57 bits per heavy atom. The first-order valence-corrected chi connectivity index (χ1v) is 6.41. The maximum Gasteiger partial charge on any atom is 0.108 e. The van der Waals surface area contributed by atoms with Crippen LogP contribution in [0.3, 0.4) is 0 Å². The highest BCUT2D eigenvalue weighted by Gasteiger charge is 2.20. The van der Waals surface area contributed by atoms with E-state index in [-0.39, 0.29) is 0 Å². The van der Waals surface area contributed by atoms with Gasteiger partial charge in [0.25, 0.3) is 0 Å². The van der Waals surface area contributed by atoms with Crippen LogP contribution in [0.15, 0.2) is 28.6 Å². The fraction of sp³-hybridized carbons (Fsp3) is 0.583. The zero-order valence-corrected chi connectivity index (χ0v) is 10.4. The largest absolute Gasteiger partial charge is 0.282 e. The molecular weight excluding hydrogens is 190 g/mol. The van der Waals surface area contributed by atoms with Crippen LogP contribution in [0.25, 0.3) is 0 Å². The van der Waals surface area contributed by atoms with E-state index in [2.05, 4.69) is 28.6 Å². The third kappa shape index (κ3) is 4.14. The van der Waals surface area contributed by atoms with E-state index >= 15 is 0 Å². The number of hydrogen-bond acceptors (Lipinski definition) is 2. The van der Waals surface area contributed by atoms with Crippen LogP contribution in [0.4, 0.5) is 0 Å². The van der Waals surface area contributed by atoms with E-state index in [0.29, 0.717) is 11.3 Å². The third-order valence-electron chi connectivity index (χ3n) is 1.70. The first-order chi connectivity index (χ1) is 6.97. The van der Waals surface area contributed by atoms with Gasteiger partial charge < -0.3 is 0 Å². The molecule has 2 aliphatic rings. The lowest BCUT2D eigenvalue weighted by atomic mass is 10.1. The standard InChI is InChI=1S/C8H9NS.2C2H6/c1-2-5-9-8-7(3-1)4-6-10-8;2*1-2/h1,3-8H,2H2;2*1-2H3. The summed E-state index contributed by atoms with van der Waals surface area (Å²) in [5, 5.41) is 2.58. The highest BCUT2D eigenvalue weighted by Crippen LogP contribution is 2.32. The predicted molar refractivity (Wildman–Crippen MR) is 69.0 cm³/mol. The molecule has 2 heteroatoms. The van der Waals surface area contributed by atoms with E-state index in [0.717, 1.165) is 6.42 Å². The molecule has 2 aliphatic heterocycles. The molecular formula is C12H21NS. The Hall–Kier alpha value is -0.500. The van der Waals surface area contributed by atoms with Gasteiger partial charge >= 0.3 is 0 Å². The third-order valence-corrected chi connectivity index (χ3v) is 2.73. The van der Waals surface area contributed by atoms with Gasteiger partial charge in [0.05, 0.1) is 0 Å². The van der Waals surface area contributed by atoms with Crippen LogP contribution in [0.5, 0.6) is 0 Å². The zero-order valence-electron chi connectivity index (χ0n) is 9.60. The number of fused-ring (bicyclic) bond motifs is 1. The second-order valence-electron chi connectivity index (χ2n) is 2.43. The fourth-order valence-corrected chi connectivity index (χ4v) is 2.11. The predicted octanol–water partition coefficient (Wildman–Crippen LogP) is 4.27. The monoisotopic (exact) mass is 211 g/mol. The van der Waals surface area contributed by atoms with Gasteiger partial charge in [-0.2, -0.15) is 0 Å². The lowest BCUT2D eigenvalue weighted by Crippen LogP contribution is -2.03. The molecule has 2 rings (SSSR count). The van der Waals surface area contributed by atoms with Crippen molar-refractivity contribution >= 4 is 18.0 Å². The van der Waals surface area contributed by atoms with Gasteiger partial charge in [-0.05, 0) is 5.41 Å². The highest BCUT2D eigenvalue weighted by molar-refractivity contribution is 8.03. The molecule has 2 heterocycles. The first-order valence-electron chi connectivity index (χ1n) is 5.47. The van der Waals surface area contributed by atoms with Crippen molar-refractivity contribution in [3.05, 3.63) is 23.6 Å². The van der Waals surface area contributed by atoms with Crippen molar-refractivity contribution in [1.82, 2.24) is 0 Å². The molecule has 0 N–H and O–H groups in total. The molecule has 0 aromatic heterocycles. The summed E-state index contributed by atoms with van der Waals surface area (Å²) in [6.07, 6.45) is 9.65. The van der Waals surface area contributed by atoms with Crippen molar-refractivity contribution in [2.45, 2.75) is 39.5 Å². The summed E-state index contributed by atoms with van der Waals surface area (Å²) in [5.74, 6) is 0.559. The minimum Gasteiger partial charge on any atom is -0.282 e. The molecule has 0 aromatic carbocycles. The number of aliphatic imine (C=N–C) groups is 1. The van der Waals surface area contributed by atoms with Gasteiger partial charge in [-0.25, -0.2) is 0 Å². The van der Waals surface area contributed by atoms with Crippen LogP contribution in [0, 0.1) is 5.92 Å². The molecule has 80 valence electrons. The second kappa shape index (κ2) is 9.07. The van der Waals surface area contributed by atoms with Crippen molar-refractivity contribution < 1.29 is 0 Å². The van der Waals surface area contributed by atoms with Gasteiger partial charge in [0.15, 0.2) is 0 Å². The molecule has 2 atom stereocenters. The van der Waals surface area contributed by atoms with E-state index in [1.165, 1.54) is 0 Å². The van der Waals surface area contributed by atoms with Crippen molar-refractivity contribution in [2.75, 3.05) is 0 Å². The quantitative estimate of drug-likeness (QED) is 0.545. The Morgan fingerprint density at radius 2 is 1.86 bits per heavy atom. The summed E-state index contributed by atoms with van der Waals surface area (Å²) >= 11 is 1.81. The van der Waals surface area contributed by atoms with Crippen LogP contribution in [0.2, 0.25) is 0 Å². The summed E-state index contributed by atoms with van der Waals surface area (Å²) in [7, 11) is 0. The fourth-order valence-electron chi connectivity index (χ4n) is 1.16. The lowest BCUT2D eigenvalue weighted by molar-refractivity contribution is 0.789. The molecule has 0 aromatic rings. The van der Waals surface area contributed by atoms with E-state index in [1.807, 2.05) is 45.7 Å². The van der Waals surface area contributed by atoms with Crippen LogP contribution in [-0.2, 0) is 0 Å². The second-order valence-corrected chi connectivity index (χ2v) is 3.46. The van der Waals surface area contributed by atoms with Gasteiger partial charge in [-0.3, -0.25) is 4.99 Å². The Kier molecular flexibility index (Phi) is 8.75. The van der Waals surface area contributed by atoms with Gasteiger partial charge in [0.2, 0.25) is 0 Å². The molecule has 0 spiro atoms. The maximum absolute atomic E-state index is 4.40. The summed E-state index contributed by atoms with van der Waals surface area (Å²) in [4.78, 5) is 4.40. The minimum atomic E-state index is 0.443. The number of allylic oxidation sites excluding steroid dienone is 1. The molecule has 14 heavy (non-hydrogen) atoms. The zero-order chi connectivity index (χ0) is 10.8. The van der Waals surface area contributed by atoms with Crippen molar-refractivity contribution in [2.24, 2.45) is 10.9 Å². The normalized spacial score (nSPS) is 26.6. The van der Waals surface area contributed by atoms with Gasteiger partial charge in [-0.15, -0.1) is 11.8 Å². The Labute approximate surface area is 92.4 Å². The highest BCUT2D eigenvalue weighted by atomic mass is 32.2. The van der Waals surface area contributed by atoms with E-state index in [9.17, 15) is 0 Å². The molecule has 1 nitrogen and oxygen atoms in total. The molecule has 0 radical (unpaired) electrons. The van der Waals surface area contributed by atoms with Gasteiger partial charge in [-0.1, -0.05) is 45.9 Å². The SMILES string of the molecule is C1=CC2C=CSC2N=CC1.CC.CC. The minimum absolute atomic E-state index is 0.443. The number of thioether (sulfide) groups is 1. The summed E-state index contributed by atoms with van der Waals surface area (Å²) in [5.41, 5.74) is 0. The summed E-state index contributed by atoms with van der Waals surface area (Å²) < 4.78 is 0. The lowest BCUT2D eigenvalue weighted by Gasteiger charge is -2.06. The molecule has 0 amide bonds. The van der Waals surface area contributed by atoms with Crippen molar-refractivity contribution in [3.63, 3.8) is 0 Å². The van der Waals surface area contributed by atoms with E-state index in [1.54, 1.807) is 0 Å². The van der Waals surface area contributed by atoms with Crippen LogP contribution >= 0.6 is 11.8 Å². The molecule has 2 unspecified atom stereocenters. The Morgan fingerprint density at radius 1 is 1.14 bits per heavy atom. The maximum atomic E-state index is 4.40. The summed E-state index contributed by atoms with van der Waals surface area (Å²) in [6, 6.07) is 0. The van der Waals surface area contributed by atoms with Gasteiger partial charge in [0, 0.05) is 18.6 Å². The van der Waals surface area contributed by atoms with Gasteiger partial charge in [0.1, 0.15) is 5.37 Å². The smallest absolute Gasteiger partial charge is 0.108 e. The van der Waals surface area contributed by atoms with Crippen LogP contribution in [0.1, 0.15) is 34.1 Å². The summed E-state index contributed by atoms with van der Waals surface area (Å²) in [6.45, 7) is 8.00. The number of hydrogen-bond donors (Lipinski definition) is 0. The molecule has 0 saturated carbocycles. The van der Waals surface area contributed by atoms with Crippen molar-refractivity contribution in [3.8, 4) is 0 Å². The number of rotatable bonds is 0. The Balaban J connectivity index is 0.000000379. The number of nitrogens with zero attached hydrogens (tertiary/aromatic N) is 1. The van der Waals surface area contributed by atoms with E-state index < -0.39 is 0 Å². The molecule has 0 bridgehead atoms. The molecule has 0 aliphatic carbocycles. The average molecular weight is 211 g/mol. The van der Waals surface area contributed by atoms with E-state index in [4.69, 9.17) is 0 Å². The average Bonchev–Trinajstić information content (AvgIpc) is 2.61. The van der Waals surface area contributed by atoms with Crippen LogP contribution < -0.4 is 0 Å². The van der Waals surface area contributed by atoms with Crippen LogP contribution in [-0.4, -0.2) is 11.6 Å². The molecule has 0 fully saturated rings. The first kappa shape index (κ1) is 13.5. The molecule has 0 saturated heterocycles. The Bertz CT molecular complexity index is 206.